The van der Waals surface area contributed by atoms with Gasteiger partial charge in [0.15, 0.2) is 0 Å². The lowest BCUT2D eigenvalue weighted by molar-refractivity contribution is 0.231. The summed E-state index contributed by atoms with van der Waals surface area (Å²) in [6.45, 7) is 2.26. The molecule has 0 spiro atoms. The number of nitrogen functional groups attached to an aromatic ring is 1. The second kappa shape index (κ2) is 5.44. The number of rotatable bonds is 3. The number of aliphatic hydroxyl groups excluding tert-OH is 1. The highest BCUT2D eigenvalue weighted by atomic mass is 16.3. The second-order valence-electron chi connectivity index (χ2n) is 5.90. The lowest BCUT2D eigenvalue weighted by Gasteiger charge is -2.30. The van der Waals surface area contributed by atoms with Crippen molar-refractivity contribution in [2.75, 3.05) is 5.73 Å². The molecule has 1 fully saturated rings. The fourth-order valence-corrected chi connectivity index (χ4v) is 3.55. The van der Waals surface area contributed by atoms with E-state index >= 15 is 0 Å². The van der Waals surface area contributed by atoms with E-state index in [1.54, 1.807) is 0 Å². The van der Waals surface area contributed by atoms with Crippen molar-refractivity contribution in [3.63, 3.8) is 0 Å². The fraction of sp³-hybridized carbons (Fsp3) is 0.562. The Balaban J connectivity index is 2.04. The van der Waals surface area contributed by atoms with E-state index in [0.717, 1.165) is 28.5 Å². The zero-order chi connectivity index (χ0) is 14.1. The van der Waals surface area contributed by atoms with Crippen LogP contribution in [0.15, 0.2) is 18.2 Å². The Labute approximate surface area is 119 Å². The third kappa shape index (κ3) is 2.29. The van der Waals surface area contributed by atoms with E-state index in [1.807, 2.05) is 18.2 Å². The zero-order valence-electron chi connectivity index (χ0n) is 12.0. The zero-order valence-corrected chi connectivity index (χ0v) is 12.0. The lowest BCUT2D eigenvalue weighted by Crippen LogP contribution is -2.20. The fourth-order valence-electron chi connectivity index (χ4n) is 3.55. The quantitative estimate of drug-likeness (QED) is 0.844. The SMILES string of the molecule is CCC1CCCC(n2c(CO)nc3cc(N)ccc32)C1. The molecule has 1 aliphatic carbocycles. The minimum atomic E-state index is -0.0120. The summed E-state index contributed by atoms with van der Waals surface area (Å²) in [5.41, 5.74) is 8.56. The monoisotopic (exact) mass is 273 g/mol. The first kappa shape index (κ1) is 13.4. The van der Waals surface area contributed by atoms with Gasteiger partial charge in [0.05, 0.1) is 11.0 Å². The molecule has 20 heavy (non-hydrogen) atoms. The van der Waals surface area contributed by atoms with Gasteiger partial charge >= 0.3 is 0 Å². The standard InChI is InChI=1S/C16H23N3O/c1-2-11-4-3-5-13(8-11)19-15-7-6-12(17)9-14(15)18-16(19)10-20/h6-7,9,11,13,20H,2-5,8,10,17H2,1H3. The van der Waals surface area contributed by atoms with Crippen LogP contribution < -0.4 is 5.73 Å². The van der Waals surface area contributed by atoms with E-state index in [1.165, 1.54) is 32.1 Å². The van der Waals surface area contributed by atoms with Crippen LogP contribution in [0.3, 0.4) is 0 Å². The molecule has 0 aliphatic heterocycles. The number of anilines is 1. The summed E-state index contributed by atoms with van der Waals surface area (Å²) >= 11 is 0. The maximum atomic E-state index is 9.63. The molecule has 1 aromatic heterocycles. The summed E-state index contributed by atoms with van der Waals surface area (Å²) < 4.78 is 2.25. The Kier molecular flexibility index (Phi) is 3.66. The summed E-state index contributed by atoms with van der Waals surface area (Å²) in [6, 6.07) is 6.31. The Morgan fingerprint density at radius 2 is 2.25 bits per heavy atom. The third-order valence-electron chi connectivity index (χ3n) is 4.63. The predicted molar refractivity (Wildman–Crippen MR) is 81.4 cm³/mol. The van der Waals surface area contributed by atoms with Crippen molar-refractivity contribution in [3.05, 3.63) is 24.0 Å². The van der Waals surface area contributed by atoms with E-state index in [2.05, 4.69) is 16.5 Å². The molecule has 2 atom stereocenters. The molecule has 1 aliphatic rings. The molecule has 0 radical (unpaired) electrons. The second-order valence-corrected chi connectivity index (χ2v) is 5.90. The van der Waals surface area contributed by atoms with Gasteiger partial charge in [0, 0.05) is 11.7 Å². The first-order valence-corrected chi connectivity index (χ1v) is 7.60. The average Bonchev–Trinajstić information content (AvgIpc) is 2.84. The summed E-state index contributed by atoms with van der Waals surface area (Å²) in [6.07, 6.45) is 6.22. The molecular weight excluding hydrogens is 250 g/mol. The van der Waals surface area contributed by atoms with Crippen LogP contribution in [0.1, 0.15) is 50.9 Å². The lowest BCUT2D eigenvalue weighted by atomic mass is 9.84. The molecule has 0 amide bonds. The molecule has 4 nitrogen and oxygen atoms in total. The number of nitrogens with zero attached hydrogens (tertiary/aromatic N) is 2. The van der Waals surface area contributed by atoms with Crippen molar-refractivity contribution in [2.24, 2.45) is 5.92 Å². The topological polar surface area (TPSA) is 64.1 Å². The largest absolute Gasteiger partial charge is 0.399 e. The van der Waals surface area contributed by atoms with Crippen LogP contribution in [0, 0.1) is 5.92 Å². The van der Waals surface area contributed by atoms with Crippen molar-refractivity contribution in [2.45, 2.75) is 51.7 Å². The molecule has 0 saturated heterocycles. The summed E-state index contributed by atoms with van der Waals surface area (Å²) in [5, 5.41) is 9.63. The van der Waals surface area contributed by atoms with Gasteiger partial charge in [0.1, 0.15) is 12.4 Å². The van der Waals surface area contributed by atoms with Crippen LogP contribution in [0.5, 0.6) is 0 Å². The summed E-state index contributed by atoms with van der Waals surface area (Å²) in [4.78, 5) is 4.55. The Bertz CT molecular complexity index is 605. The number of hydrogen-bond donors (Lipinski definition) is 2. The normalized spacial score (nSPS) is 23.3. The van der Waals surface area contributed by atoms with Crippen molar-refractivity contribution in [1.82, 2.24) is 9.55 Å². The van der Waals surface area contributed by atoms with E-state index in [0.29, 0.717) is 6.04 Å². The van der Waals surface area contributed by atoms with Crippen molar-refractivity contribution < 1.29 is 5.11 Å². The number of imidazole rings is 1. The van der Waals surface area contributed by atoms with E-state index in [4.69, 9.17) is 5.73 Å². The van der Waals surface area contributed by atoms with E-state index in [9.17, 15) is 5.11 Å². The molecule has 1 heterocycles. The molecule has 4 heteroatoms. The maximum Gasteiger partial charge on any atom is 0.135 e. The first-order valence-electron chi connectivity index (χ1n) is 7.60. The Morgan fingerprint density at radius 1 is 1.40 bits per heavy atom. The van der Waals surface area contributed by atoms with Gasteiger partial charge in [-0.2, -0.15) is 0 Å². The third-order valence-corrected chi connectivity index (χ3v) is 4.63. The molecule has 1 aromatic carbocycles. The van der Waals surface area contributed by atoms with Gasteiger partial charge < -0.3 is 15.4 Å². The van der Waals surface area contributed by atoms with Crippen LogP contribution in [-0.2, 0) is 6.61 Å². The molecule has 3 rings (SSSR count). The predicted octanol–water partition coefficient (Wildman–Crippen LogP) is 3.25. The highest BCUT2D eigenvalue weighted by molar-refractivity contribution is 5.79. The average molecular weight is 273 g/mol. The van der Waals surface area contributed by atoms with Gasteiger partial charge in [-0.1, -0.05) is 26.2 Å². The number of hydrogen-bond acceptors (Lipinski definition) is 3. The minimum absolute atomic E-state index is 0.0120. The molecule has 3 N–H and O–H groups in total. The summed E-state index contributed by atoms with van der Waals surface area (Å²) in [5.74, 6) is 1.57. The highest BCUT2D eigenvalue weighted by Gasteiger charge is 2.25. The number of aromatic nitrogens is 2. The van der Waals surface area contributed by atoms with Gasteiger partial charge in [0.2, 0.25) is 0 Å². The first-order chi connectivity index (χ1) is 9.72. The van der Waals surface area contributed by atoms with Gasteiger partial charge in [0.25, 0.3) is 0 Å². The highest BCUT2D eigenvalue weighted by Crippen LogP contribution is 2.37. The van der Waals surface area contributed by atoms with Gasteiger partial charge in [-0.3, -0.25) is 0 Å². The molecule has 2 unspecified atom stereocenters. The van der Waals surface area contributed by atoms with Gasteiger partial charge in [-0.25, -0.2) is 4.98 Å². The van der Waals surface area contributed by atoms with Crippen LogP contribution in [-0.4, -0.2) is 14.7 Å². The molecule has 0 bridgehead atoms. The molecule has 1 saturated carbocycles. The van der Waals surface area contributed by atoms with Crippen LogP contribution in [0.25, 0.3) is 11.0 Å². The Hall–Kier alpha value is -1.55. The van der Waals surface area contributed by atoms with Crippen LogP contribution in [0.4, 0.5) is 5.69 Å². The van der Waals surface area contributed by atoms with E-state index < -0.39 is 0 Å². The maximum absolute atomic E-state index is 9.63. The van der Waals surface area contributed by atoms with Gasteiger partial charge in [-0.05, 0) is 37.0 Å². The number of benzene rings is 1. The van der Waals surface area contributed by atoms with E-state index in [-0.39, 0.29) is 6.61 Å². The van der Waals surface area contributed by atoms with Crippen molar-refractivity contribution in [1.29, 1.82) is 0 Å². The van der Waals surface area contributed by atoms with Gasteiger partial charge in [-0.15, -0.1) is 0 Å². The number of nitrogens with two attached hydrogens (primary N) is 1. The van der Waals surface area contributed by atoms with Crippen LogP contribution >= 0.6 is 0 Å². The number of fused-ring (bicyclic) bond motifs is 1. The molecular formula is C16H23N3O. The molecule has 2 aromatic rings. The molecule has 108 valence electrons. The van der Waals surface area contributed by atoms with Crippen LogP contribution in [0.2, 0.25) is 0 Å². The summed E-state index contributed by atoms with van der Waals surface area (Å²) in [7, 11) is 0. The number of aliphatic hydroxyl groups is 1. The smallest absolute Gasteiger partial charge is 0.135 e. The Morgan fingerprint density at radius 3 is 3.00 bits per heavy atom. The van der Waals surface area contributed by atoms with Crippen molar-refractivity contribution >= 4 is 16.7 Å². The van der Waals surface area contributed by atoms with Crippen molar-refractivity contribution in [3.8, 4) is 0 Å². The minimum Gasteiger partial charge on any atom is -0.399 e.